The monoisotopic (exact) mass is 422 g/mol. The van der Waals surface area contributed by atoms with Gasteiger partial charge in [-0.05, 0) is 24.6 Å². The predicted molar refractivity (Wildman–Crippen MR) is 89.5 cm³/mol. The highest BCUT2D eigenvalue weighted by molar-refractivity contribution is 5.98. The van der Waals surface area contributed by atoms with Crippen molar-refractivity contribution in [2.45, 2.75) is 25.8 Å². The van der Waals surface area contributed by atoms with E-state index in [4.69, 9.17) is 10.2 Å². The summed E-state index contributed by atoms with van der Waals surface area (Å²) in [5, 5.41) is 20.6. The first-order chi connectivity index (χ1) is 12.0. The summed E-state index contributed by atoms with van der Waals surface area (Å²) in [7, 11) is 0. The fraction of sp³-hybridized carbons (Fsp3) is 0.222. The zero-order valence-electron chi connectivity index (χ0n) is 13.9. The number of aromatic carboxylic acids is 2. The van der Waals surface area contributed by atoms with Gasteiger partial charge in [-0.2, -0.15) is 0 Å². The maximum atomic E-state index is 12.0. The Hall–Kier alpha value is -2.74. The minimum atomic E-state index is -1.25. The number of nitrogens with zero attached hydrogens (tertiary/aromatic N) is 1. The molecule has 1 aromatic heterocycles. The van der Waals surface area contributed by atoms with Crippen LogP contribution in [0.15, 0.2) is 48.8 Å². The van der Waals surface area contributed by atoms with Crippen LogP contribution in [0.2, 0.25) is 0 Å². The predicted octanol–water partition coefficient (Wildman–Crippen LogP) is -0.816. The van der Waals surface area contributed by atoms with Crippen molar-refractivity contribution in [3.63, 3.8) is 0 Å². The Morgan fingerprint density at radius 1 is 0.885 bits per heavy atom. The number of carbonyl (C=O) groups is 3. The number of carbonyl (C=O) groups excluding carboxylic acids is 1. The number of benzene rings is 1. The third-order valence-corrected chi connectivity index (χ3v) is 3.56. The van der Waals surface area contributed by atoms with Crippen molar-refractivity contribution in [2.75, 3.05) is 5.32 Å². The highest BCUT2D eigenvalue weighted by atomic mass is 79.9. The molecule has 26 heavy (non-hydrogen) atoms. The van der Waals surface area contributed by atoms with Crippen LogP contribution in [0.5, 0.6) is 0 Å². The second-order valence-electron chi connectivity index (χ2n) is 5.53. The van der Waals surface area contributed by atoms with Crippen molar-refractivity contribution >= 4 is 23.5 Å². The third kappa shape index (κ3) is 6.64. The number of carboxylic acid groups (broad SMARTS) is 2. The van der Waals surface area contributed by atoms with Crippen molar-refractivity contribution in [3.05, 3.63) is 59.9 Å². The molecule has 0 atom stereocenters. The van der Waals surface area contributed by atoms with Gasteiger partial charge in [0.1, 0.15) is 6.54 Å². The average Bonchev–Trinajstić information content (AvgIpc) is 2.59. The van der Waals surface area contributed by atoms with Crippen LogP contribution in [0.4, 0.5) is 5.69 Å². The van der Waals surface area contributed by atoms with Crippen molar-refractivity contribution < 1.29 is 46.1 Å². The lowest BCUT2D eigenvalue weighted by molar-refractivity contribution is -0.697. The summed E-state index contributed by atoms with van der Waals surface area (Å²) in [4.78, 5) is 34.1. The van der Waals surface area contributed by atoms with E-state index in [2.05, 4.69) is 5.32 Å². The van der Waals surface area contributed by atoms with E-state index in [9.17, 15) is 14.4 Å². The quantitative estimate of drug-likeness (QED) is 0.380. The van der Waals surface area contributed by atoms with Gasteiger partial charge in [-0.3, -0.25) is 4.79 Å². The van der Waals surface area contributed by atoms with Gasteiger partial charge < -0.3 is 32.5 Å². The summed E-state index contributed by atoms with van der Waals surface area (Å²) in [6.45, 7) is 0.797. The Bertz CT molecular complexity index is 748. The van der Waals surface area contributed by atoms with Crippen LogP contribution in [-0.4, -0.2) is 28.1 Å². The van der Waals surface area contributed by atoms with E-state index in [1.165, 1.54) is 12.1 Å². The molecule has 2 aromatic rings. The van der Waals surface area contributed by atoms with Crippen LogP contribution in [0.3, 0.4) is 0 Å². The lowest BCUT2D eigenvalue weighted by atomic mass is 10.1. The lowest BCUT2D eigenvalue weighted by Crippen LogP contribution is -3.00. The molecule has 7 nitrogen and oxygen atoms in total. The second-order valence-corrected chi connectivity index (χ2v) is 5.53. The molecule has 0 spiro atoms. The molecule has 1 amide bonds. The molecule has 0 fully saturated rings. The molecule has 8 heteroatoms. The number of carboxylic acids is 2. The number of nitrogens with one attached hydrogen (secondary N) is 1. The molecule has 138 valence electrons. The minimum absolute atomic E-state index is 0. The van der Waals surface area contributed by atoms with E-state index in [0.717, 1.165) is 19.0 Å². The maximum Gasteiger partial charge on any atom is 0.335 e. The van der Waals surface area contributed by atoms with Crippen molar-refractivity contribution in [1.29, 1.82) is 0 Å². The number of unbranched alkanes of at least 4 members (excludes halogenated alkanes) is 1. The molecule has 0 saturated carbocycles. The Labute approximate surface area is 161 Å². The van der Waals surface area contributed by atoms with Gasteiger partial charge in [0, 0.05) is 30.7 Å². The number of amides is 1. The second kappa shape index (κ2) is 10.3. The molecule has 0 bridgehead atoms. The molecule has 0 aliphatic rings. The molecule has 0 saturated heterocycles. The number of rotatable bonds is 8. The zero-order chi connectivity index (χ0) is 18.2. The summed E-state index contributed by atoms with van der Waals surface area (Å²) in [6, 6.07) is 9.33. The fourth-order valence-electron chi connectivity index (χ4n) is 2.33. The number of aryl methyl sites for hydroxylation is 1. The molecule has 1 aromatic carbocycles. The molecule has 0 radical (unpaired) electrons. The fourth-order valence-corrected chi connectivity index (χ4v) is 2.33. The molecule has 0 unspecified atom stereocenters. The van der Waals surface area contributed by atoms with E-state index in [1.807, 2.05) is 35.2 Å². The van der Waals surface area contributed by atoms with Gasteiger partial charge in [0.25, 0.3) is 0 Å². The van der Waals surface area contributed by atoms with Crippen LogP contribution in [0, 0.1) is 0 Å². The molecule has 3 N–H and O–H groups in total. The van der Waals surface area contributed by atoms with Crippen LogP contribution in [0.1, 0.15) is 40.0 Å². The van der Waals surface area contributed by atoms with Crippen LogP contribution in [0.25, 0.3) is 0 Å². The van der Waals surface area contributed by atoms with E-state index in [1.54, 1.807) is 0 Å². The minimum Gasteiger partial charge on any atom is -1.00 e. The van der Waals surface area contributed by atoms with Crippen molar-refractivity contribution in [2.24, 2.45) is 0 Å². The van der Waals surface area contributed by atoms with E-state index >= 15 is 0 Å². The molecule has 2 rings (SSSR count). The first kappa shape index (κ1) is 21.3. The first-order valence-electron chi connectivity index (χ1n) is 7.81. The number of pyridine rings is 1. The van der Waals surface area contributed by atoms with E-state index in [-0.39, 0.29) is 46.1 Å². The molecular weight excluding hydrogens is 404 g/mol. The lowest BCUT2D eigenvalue weighted by Gasteiger charge is -2.07. The Morgan fingerprint density at radius 2 is 1.46 bits per heavy atom. The van der Waals surface area contributed by atoms with Crippen LogP contribution >= 0.6 is 0 Å². The SMILES string of the molecule is O=C(CCCC[n+]1ccccc1)Nc1cc(C(=O)O)cc(C(=O)O)c1.[Br-]. The summed E-state index contributed by atoms with van der Waals surface area (Å²) in [5.74, 6) is -2.78. The van der Waals surface area contributed by atoms with Crippen molar-refractivity contribution in [3.8, 4) is 0 Å². The normalized spacial score (nSPS) is 9.85. The standard InChI is InChI=1S/C18H18N2O5.BrH/c21-16(6-2-5-9-20-7-3-1-4-8-20)19-15-11-13(17(22)23)10-14(12-15)18(24)25;/h1,3-4,7-8,10-12H,2,5-6,9H2,(H2-,19,21,22,23,24,25);1H. The molecule has 0 aliphatic heterocycles. The maximum absolute atomic E-state index is 12.0. The molecule has 1 heterocycles. The average molecular weight is 423 g/mol. The van der Waals surface area contributed by atoms with Gasteiger partial charge in [-0.25, -0.2) is 14.2 Å². The summed E-state index contributed by atoms with van der Waals surface area (Å²) >= 11 is 0. The third-order valence-electron chi connectivity index (χ3n) is 3.56. The van der Waals surface area contributed by atoms with Gasteiger partial charge in [0.2, 0.25) is 5.91 Å². The number of hydrogen-bond acceptors (Lipinski definition) is 3. The smallest absolute Gasteiger partial charge is 0.335 e. The molecule has 0 aliphatic carbocycles. The number of hydrogen-bond donors (Lipinski definition) is 3. The number of halogens is 1. The Kier molecular flexibility index (Phi) is 8.44. The zero-order valence-corrected chi connectivity index (χ0v) is 15.5. The number of anilines is 1. The first-order valence-corrected chi connectivity index (χ1v) is 7.81. The highest BCUT2D eigenvalue weighted by Crippen LogP contribution is 2.16. The summed E-state index contributed by atoms with van der Waals surface area (Å²) in [6.07, 6.45) is 5.65. The van der Waals surface area contributed by atoms with Gasteiger partial charge in [0.15, 0.2) is 12.4 Å². The van der Waals surface area contributed by atoms with Gasteiger partial charge >= 0.3 is 11.9 Å². The summed E-state index contributed by atoms with van der Waals surface area (Å²) in [5.41, 5.74) is -0.203. The summed E-state index contributed by atoms with van der Waals surface area (Å²) < 4.78 is 2.02. The van der Waals surface area contributed by atoms with Crippen molar-refractivity contribution in [1.82, 2.24) is 0 Å². The van der Waals surface area contributed by atoms with Crippen LogP contribution in [-0.2, 0) is 11.3 Å². The Balaban J connectivity index is 0.00000338. The number of aromatic nitrogens is 1. The van der Waals surface area contributed by atoms with E-state index in [0.29, 0.717) is 6.42 Å². The van der Waals surface area contributed by atoms with Gasteiger partial charge in [0.05, 0.1) is 11.1 Å². The highest BCUT2D eigenvalue weighted by Gasteiger charge is 2.13. The van der Waals surface area contributed by atoms with Gasteiger partial charge in [-0.15, -0.1) is 0 Å². The topological polar surface area (TPSA) is 108 Å². The van der Waals surface area contributed by atoms with E-state index < -0.39 is 11.9 Å². The Morgan fingerprint density at radius 3 is 2.00 bits per heavy atom. The van der Waals surface area contributed by atoms with Crippen LogP contribution < -0.4 is 26.9 Å². The largest absolute Gasteiger partial charge is 1.00 e. The van der Waals surface area contributed by atoms with Gasteiger partial charge in [-0.1, -0.05) is 6.07 Å². The molecular formula is C18H19BrN2O5.